The number of nitrogens with zero attached hydrogens (tertiary/aromatic N) is 2. The van der Waals surface area contributed by atoms with Gasteiger partial charge in [-0.15, -0.1) is 12.4 Å². The van der Waals surface area contributed by atoms with Crippen LogP contribution >= 0.6 is 12.4 Å². The zero-order valence-electron chi connectivity index (χ0n) is 12.6. The fourth-order valence-electron chi connectivity index (χ4n) is 2.15. The lowest BCUT2D eigenvalue weighted by molar-refractivity contribution is -0.385. The fraction of sp³-hybridized carbons (Fsp3) is 0.250. The molecule has 0 unspecified atom stereocenters. The number of rotatable bonds is 6. The summed E-state index contributed by atoms with van der Waals surface area (Å²) >= 11 is 0. The van der Waals surface area contributed by atoms with Crippen molar-refractivity contribution in [2.75, 3.05) is 25.6 Å². The highest BCUT2D eigenvalue weighted by molar-refractivity contribution is 5.85. The molecule has 0 saturated carbocycles. The van der Waals surface area contributed by atoms with Crippen LogP contribution in [0.25, 0.3) is 0 Å². The normalized spacial score (nSPS) is 9.73. The van der Waals surface area contributed by atoms with Gasteiger partial charge in [0.2, 0.25) is 0 Å². The van der Waals surface area contributed by atoms with Crippen LogP contribution in [0.4, 0.5) is 11.4 Å². The molecule has 0 aliphatic rings. The summed E-state index contributed by atoms with van der Waals surface area (Å²) in [6.45, 7) is 0.706. The maximum absolute atomic E-state index is 11.0. The third-order valence-corrected chi connectivity index (χ3v) is 3.42. The molecule has 0 fully saturated rings. The van der Waals surface area contributed by atoms with Gasteiger partial charge in [-0.25, -0.2) is 0 Å². The van der Waals surface area contributed by atoms with Gasteiger partial charge in [0, 0.05) is 30.9 Å². The minimum absolute atomic E-state index is 0. The summed E-state index contributed by atoms with van der Waals surface area (Å²) < 4.78 is 5.13. The van der Waals surface area contributed by atoms with Gasteiger partial charge in [0.1, 0.15) is 5.75 Å². The number of nitro benzene ring substituents is 1. The second kappa shape index (κ2) is 8.24. The molecule has 6 heteroatoms. The monoisotopic (exact) mass is 322 g/mol. The second-order valence-corrected chi connectivity index (χ2v) is 4.76. The van der Waals surface area contributed by atoms with E-state index in [9.17, 15) is 10.1 Å². The Kier molecular flexibility index (Phi) is 6.66. The molecule has 2 rings (SSSR count). The maximum Gasteiger partial charge on any atom is 0.272 e. The Labute approximate surface area is 136 Å². The van der Waals surface area contributed by atoms with Gasteiger partial charge in [-0.2, -0.15) is 0 Å². The van der Waals surface area contributed by atoms with Crippen molar-refractivity contribution in [3.8, 4) is 5.75 Å². The van der Waals surface area contributed by atoms with Gasteiger partial charge in [-0.1, -0.05) is 18.2 Å². The van der Waals surface area contributed by atoms with E-state index in [1.165, 1.54) is 0 Å². The van der Waals surface area contributed by atoms with Gasteiger partial charge >= 0.3 is 0 Å². The van der Waals surface area contributed by atoms with Gasteiger partial charge in [-0.3, -0.25) is 10.1 Å². The molecule has 0 bridgehead atoms. The minimum atomic E-state index is -0.331. The SMILES string of the molecule is COc1ccc(N(C)CCc2ccccc2[N+](=O)[O-])cc1.Cl. The molecule has 22 heavy (non-hydrogen) atoms. The number of benzene rings is 2. The van der Waals surface area contributed by atoms with Crippen molar-refractivity contribution in [1.29, 1.82) is 0 Å². The van der Waals surface area contributed by atoms with Crippen molar-refractivity contribution < 1.29 is 9.66 Å². The highest BCUT2D eigenvalue weighted by atomic mass is 35.5. The average Bonchev–Trinajstić information content (AvgIpc) is 2.52. The summed E-state index contributed by atoms with van der Waals surface area (Å²) in [7, 11) is 3.60. The standard InChI is InChI=1S/C16H18N2O3.ClH/c1-17(14-7-9-15(21-2)10-8-14)12-11-13-5-3-4-6-16(13)18(19)20;/h3-10H,11-12H2,1-2H3;1H. The molecule has 118 valence electrons. The molecule has 2 aromatic rings. The average molecular weight is 323 g/mol. The third kappa shape index (κ3) is 4.36. The third-order valence-electron chi connectivity index (χ3n) is 3.42. The Bertz CT molecular complexity index is 617. The van der Waals surface area contributed by atoms with Gasteiger partial charge in [0.25, 0.3) is 5.69 Å². The number of para-hydroxylation sites is 1. The lowest BCUT2D eigenvalue weighted by Crippen LogP contribution is -2.20. The first-order valence-corrected chi connectivity index (χ1v) is 6.69. The van der Waals surface area contributed by atoms with E-state index in [1.807, 2.05) is 37.4 Å². The van der Waals surface area contributed by atoms with Crippen LogP contribution in [-0.2, 0) is 6.42 Å². The molecule has 0 N–H and O–H groups in total. The molecule has 2 aromatic carbocycles. The molecule has 0 amide bonds. The van der Waals surface area contributed by atoms with Crippen molar-refractivity contribution in [2.24, 2.45) is 0 Å². The van der Waals surface area contributed by atoms with E-state index in [4.69, 9.17) is 4.74 Å². The van der Waals surface area contributed by atoms with E-state index in [-0.39, 0.29) is 23.0 Å². The highest BCUT2D eigenvalue weighted by Crippen LogP contribution is 2.21. The largest absolute Gasteiger partial charge is 0.497 e. The second-order valence-electron chi connectivity index (χ2n) is 4.76. The summed E-state index contributed by atoms with van der Waals surface area (Å²) in [6.07, 6.45) is 0.625. The quantitative estimate of drug-likeness (QED) is 0.601. The zero-order valence-corrected chi connectivity index (χ0v) is 13.4. The number of ether oxygens (including phenoxy) is 1. The first kappa shape index (κ1) is 17.8. The maximum atomic E-state index is 11.0. The Morgan fingerprint density at radius 3 is 2.36 bits per heavy atom. The first-order chi connectivity index (χ1) is 10.1. The van der Waals surface area contributed by atoms with Crippen LogP contribution in [0.3, 0.4) is 0 Å². The van der Waals surface area contributed by atoms with Crippen LogP contribution in [0.1, 0.15) is 5.56 Å². The summed E-state index contributed by atoms with van der Waals surface area (Å²) in [6, 6.07) is 14.6. The Morgan fingerprint density at radius 2 is 1.77 bits per heavy atom. The topological polar surface area (TPSA) is 55.6 Å². The van der Waals surface area contributed by atoms with Crippen LogP contribution in [0.5, 0.6) is 5.75 Å². The van der Waals surface area contributed by atoms with E-state index in [1.54, 1.807) is 25.3 Å². The van der Waals surface area contributed by atoms with E-state index in [0.29, 0.717) is 13.0 Å². The van der Waals surface area contributed by atoms with Crippen molar-refractivity contribution in [3.63, 3.8) is 0 Å². The molecule has 0 aromatic heterocycles. The molecule has 0 saturated heterocycles. The van der Waals surface area contributed by atoms with Crippen molar-refractivity contribution >= 4 is 23.8 Å². The van der Waals surface area contributed by atoms with Gasteiger partial charge in [-0.05, 0) is 30.7 Å². The van der Waals surface area contributed by atoms with Crippen LogP contribution in [0.15, 0.2) is 48.5 Å². The van der Waals surface area contributed by atoms with Crippen LogP contribution < -0.4 is 9.64 Å². The molecular formula is C16H19ClN2O3. The van der Waals surface area contributed by atoms with Crippen LogP contribution in [-0.4, -0.2) is 25.6 Å². The van der Waals surface area contributed by atoms with Crippen molar-refractivity contribution in [3.05, 3.63) is 64.2 Å². The number of halogens is 1. The van der Waals surface area contributed by atoms with Crippen LogP contribution in [0.2, 0.25) is 0 Å². The highest BCUT2D eigenvalue weighted by Gasteiger charge is 2.12. The first-order valence-electron chi connectivity index (χ1n) is 6.69. The molecule has 5 nitrogen and oxygen atoms in total. The van der Waals surface area contributed by atoms with Crippen LogP contribution in [0, 0.1) is 10.1 Å². The zero-order chi connectivity index (χ0) is 15.2. The molecule has 0 atom stereocenters. The number of methoxy groups -OCH3 is 1. The summed E-state index contributed by atoms with van der Waals surface area (Å²) in [5.74, 6) is 0.811. The molecule has 0 radical (unpaired) electrons. The molecule has 0 aliphatic heterocycles. The molecule has 0 heterocycles. The van der Waals surface area contributed by atoms with Gasteiger partial charge in [0.05, 0.1) is 12.0 Å². The lowest BCUT2D eigenvalue weighted by atomic mass is 10.1. The van der Waals surface area contributed by atoms with Gasteiger partial charge in [0.15, 0.2) is 0 Å². The predicted molar refractivity (Wildman–Crippen MR) is 90.3 cm³/mol. The number of anilines is 1. The van der Waals surface area contributed by atoms with Gasteiger partial charge < -0.3 is 9.64 Å². The minimum Gasteiger partial charge on any atom is -0.497 e. The molecule has 0 spiro atoms. The van der Waals surface area contributed by atoms with Crippen molar-refractivity contribution in [1.82, 2.24) is 0 Å². The number of likely N-dealkylation sites (N-methyl/N-ethyl adjacent to an activating group) is 1. The lowest BCUT2D eigenvalue weighted by Gasteiger charge is -2.19. The number of hydrogen-bond acceptors (Lipinski definition) is 4. The van der Waals surface area contributed by atoms with Crippen molar-refractivity contribution in [2.45, 2.75) is 6.42 Å². The Morgan fingerprint density at radius 1 is 1.14 bits per heavy atom. The van der Waals surface area contributed by atoms with E-state index in [2.05, 4.69) is 4.90 Å². The Balaban J connectivity index is 0.00000242. The predicted octanol–water partition coefficient (Wildman–Crippen LogP) is 3.70. The molecular weight excluding hydrogens is 304 g/mol. The number of hydrogen-bond donors (Lipinski definition) is 0. The summed E-state index contributed by atoms with van der Waals surface area (Å²) in [5, 5.41) is 11.0. The summed E-state index contributed by atoms with van der Waals surface area (Å²) in [5.41, 5.74) is 1.98. The Hall–Kier alpha value is -2.27. The van der Waals surface area contributed by atoms with E-state index < -0.39 is 0 Å². The fourth-order valence-corrected chi connectivity index (χ4v) is 2.15. The van der Waals surface area contributed by atoms with E-state index in [0.717, 1.165) is 17.0 Å². The number of nitro groups is 1. The smallest absolute Gasteiger partial charge is 0.272 e. The van der Waals surface area contributed by atoms with E-state index >= 15 is 0 Å². The summed E-state index contributed by atoms with van der Waals surface area (Å²) in [4.78, 5) is 12.7. The molecule has 0 aliphatic carbocycles.